The van der Waals surface area contributed by atoms with Gasteiger partial charge in [-0.2, -0.15) is 0 Å². The van der Waals surface area contributed by atoms with Gasteiger partial charge in [-0.05, 0) is 85.3 Å². The maximum Gasteiger partial charge on any atom is 0.264 e. The van der Waals surface area contributed by atoms with Gasteiger partial charge in [-0.3, -0.25) is 9.10 Å². The van der Waals surface area contributed by atoms with Crippen LogP contribution in [-0.4, -0.2) is 34.1 Å². The first-order valence-electron chi connectivity index (χ1n) is 12.4. The number of aryl methyl sites for hydroxylation is 2. The maximum absolute atomic E-state index is 13.6. The van der Waals surface area contributed by atoms with Gasteiger partial charge >= 0.3 is 0 Å². The molecule has 4 rings (SSSR count). The van der Waals surface area contributed by atoms with Gasteiger partial charge in [0.05, 0.1) is 30.3 Å². The third-order valence-corrected chi connectivity index (χ3v) is 8.47. The Labute approximate surface area is 219 Å². The van der Waals surface area contributed by atoms with Crippen LogP contribution in [0, 0.1) is 13.8 Å². The molecule has 0 aromatic heterocycles. The first kappa shape index (κ1) is 26.5. The number of rotatable bonds is 7. The summed E-state index contributed by atoms with van der Waals surface area (Å²) in [5, 5.41) is 3.04. The van der Waals surface area contributed by atoms with Crippen LogP contribution in [0.3, 0.4) is 0 Å². The number of nitrogens with zero attached hydrogens (tertiary/aromatic N) is 1. The van der Waals surface area contributed by atoms with Gasteiger partial charge in [0.25, 0.3) is 15.9 Å². The lowest BCUT2D eigenvalue weighted by Gasteiger charge is -2.35. The molecule has 1 N–H and O–H groups in total. The van der Waals surface area contributed by atoms with Crippen molar-refractivity contribution >= 4 is 21.6 Å². The van der Waals surface area contributed by atoms with Crippen LogP contribution in [0.25, 0.3) is 0 Å². The highest BCUT2D eigenvalue weighted by Gasteiger charge is 2.38. The van der Waals surface area contributed by atoms with Crippen molar-refractivity contribution in [2.75, 3.05) is 18.0 Å². The van der Waals surface area contributed by atoms with Gasteiger partial charge in [-0.15, -0.1) is 0 Å². The van der Waals surface area contributed by atoms with E-state index >= 15 is 0 Å². The van der Waals surface area contributed by atoms with Gasteiger partial charge in [0.1, 0.15) is 11.5 Å². The summed E-state index contributed by atoms with van der Waals surface area (Å²) in [6.07, 6.45) is -1.01. The minimum absolute atomic E-state index is 0.134. The Morgan fingerprint density at radius 2 is 1.73 bits per heavy atom. The second-order valence-corrected chi connectivity index (χ2v) is 11.6. The van der Waals surface area contributed by atoms with Crippen molar-refractivity contribution in [3.8, 4) is 11.5 Å². The summed E-state index contributed by atoms with van der Waals surface area (Å²) in [5.74, 6) is 1.04. The van der Waals surface area contributed by atoms with E-state index in [1.165, 1.54) is 4.31 Å². The predicted molar refractivity (Wildman–Crippen MR) is 145 cm³/mol. The first-order valence-corrected chi connectivity index (χ1v) is 13.8. The minimum Gasteiger partial charge on any atom is -0.496 e. The highest BCUT2D eigenvalue weighted by Crippen LogP contribution is 2.38. The third kappa shape index (κ3) is 5.30. The molecule has 3 aromatic carbocycles. The van der Waals surface area contributed by atoms with Gasteiger partial charge in [-0.25, -0.2) is 8.42 Å². The van der Waals surface area contributed by atoms with Crippen molar-refractivity contribution in [3.05, 3.63) is 82.9 Å². The number of fused-ring (bicyclic) bond motifs is 1. The average molecular weight is 523 g/mol. The highest BCUT2D eigenvalue weighted by molar-refractivity contribution is 7.92. The van der Waals surface area contributed by atoms with Crippen LogP contribution in [0.4, 0.5) is 5.69 Å². The Morgan fingerprint density at radius 3 is 2.38 bits per heavy atom. The zero-order valence-electron chi connectivity index (χ0n) is 22.1. The largest absolute Gasteiger partial charge is 0.496 e. The molecule has 1 heterocycles. The van der Waals surface area contributed by atoms with Crippen LogP contribution in [0.5, 0.6) is 11.5 Å². The summed E-state index contributed by atoms with van der Waals surface area (Å²) in [4.78, 5) is 13.6. The summed E-state index contributed by atoms with van der Waals surface area (Å²) in [7, 11) is -2.26. The Hall–Kier alpha value is -3.52. The molecule has 0 aliphatic carbocycles. The second kappa shape index (κ2) is 10.5. The molecular formula is C29H34N2O5S. The first-order chi connectivity index (χ1) is 17.5. The number of carbonyl (C=O) groups excluding carboxylic acids is 1. The topological polar surface area (TPSA) is 84.9 Å². The van der Waals surface area contributed by atoms with Gasteiger partial charge in [0, 0.05) is 0 Å². The van der Waals surface area contributed by atoms with Crippen LogP contribution in [0.1, 0.15) is 55.0 Å². The fourth-order valence-electron chi connectivity index (χ4n) is 4.64. The summed E-state index contributed by atoms with van der Waals surface area (Å²) in [6.45, 7) is 9.83. The summed E-state index contributed by atoms with van der Waals surface area (Å²) >= 11 is 0. The Morgan fingerprint density at radius 1 is 1.03 bits per heavy atom. The Kier molecular flexibility index (Phi) is 7.50. The van der Waals surface area contributed by atoms with Crippen molar-refractivity contribution in [2.24, 2.45) is 0 Å². The van der Waals surface area contributed by atoms with E-state index in [2.05, 4.69) is 25.2 Å². The monoisotopic (exact) mass is 522 g/mol. The number of anilines is 1. The zero-order valence-corrected chi connectivity index (χ0v) is 22.9. The molecule has 0 unspecified atom stereocenters. The standard InChI is InChI=1S/C29H34N2O5S/c1-18(2)23-16-24(20(4)15-27(23)35-6)21(5)30-29(32)28-17-31(25-14-19(3)12-13-26(25)36-28)37(33,34)22-10-8-7-9-11-22/h7-16,18,21,28H,17H2,1-6H3,(H,30,32)/t21-,28+/m1/s1. The van der Waals surface area contributed by atoms with E-state index in [-0.39, 0.29) is 29.3 Å². The lowest BCUT2D eigenvalue weighted by Crippen LogP contribution is -2.51. The SMILES string of the molecule is COc1cc(C)c([C@@H](C)NC(=O)[C@@H]2CN(S(=O)(=O)c3ccccc3)c3cc(C)ccc3O2)cc1C(C)C. The molecule has 8 heteroatoms. The van der Waals surface area contributed by atoms with Crippen molar-refractivity contribution in [1.29, 1.82) is 0 Å². The molecule has 0 fully saturated rings. The Bertz CT molecular complexity index is 1400. The molecule has 3 aromatic rings. The van der Waals surface area contributed by atoms with E-state index in [4.69, 9.17) is 9.47 Å². The van der Waals surface area contributed by atoms with Crippen molar-refractivity contribution in [1.82, 2.24) is 5.32 Å². The van der Waals surface area contributed by atoms with Crippen LogP contribution >= 0.6 is 0 Å². The van der Waals surface area contributed by atoms with Crippen LogP contribution < -0.4 is 19.1 Å². The number of hydrogen-bond donors (Lipinski definition) is 1. The lowest BCUT2D eigenvalue weighted by molar-refractivity contribution is -0.128. The van der Waals surface area contributed by atoms with E-state index in [0.29, 0.717) is 11.4 Å². The molecule has 1 amide bonds. The fourth-order valence-corrected chi connectivity index (χ4v) is 6.13. The average Bonchev–Trinajstić information content (AvgIpc) is 2.87. The number of nitrogens with one attached hydrogen (secondary N) is 1. The van der Waals surface area contributed by atoms with Crippen molar-refractivity contribution < 1.29 is 22.7 Å². The second-order valence-electron chi connectivity index (χ2n) is 9.76. The predicted octanol–water partition coefficient (Wildman–Crippen LogP) is 5.27. The third-order valence-electron chi connectivity index (χ3n) is 6.67. The number of carbonyl (C=O) groups is 1. The minimum atomic E-state index is -3.91. The number of hydrogen-bond acceptors (Lipinski definition) is 5. The molecule has 0 spiro atoms. The molecule has 1 aliphatic heterocycles. The normalized spacial score (nSPS) is 16.1. The molecule has 0 saturated heterocycles. The molecule has 0 saturated carbocycles. The van der Waals surface area contributed by atoms with Gasteiger partial charge in [-0.1, -0.05) is 38.1 Å². The number of methoxy groups -OCH3 is 1. The van der Waals surface area contributed by atoms with Crippen LogP contribution in [-0.2, 0) is 14.8 Å². The molecule has 7 nitrogen and oxygen atoms in total. The molecule has 1 aliphatic rings. The van der Waals surface area contributed by atoms with E-state index in [1.54, 1.807) is 49.6 Å². The van der Waals surface area contributed by atoms with E-state index in [1.807, 2.05) is 32.9 Å². The molecule has 0 bridgehead atoms. The quantitative estimate of drug-likeness (QED) is 0.457. The van der Waals surface area contributed by atoms with E-state index < -0.39 is 16.1 Å². The molecular weight excluding hydrogens is 488 g/mol. The van der Waals surface area contributed by atoms with E-state index in [9.17, 15) is 13.2 Å². The molecule has 196 valence electrons. The van der Waals surface area contributed by atoms with Crippen LogP contribution in [0.15, 0.2) is 65.6 Å². The van der Waals surface area contributed by atoms with Crippen molar-refractivity contribution in [2.45, 2.75) is 57.6 Å². The number of benzene rings is 3. The fraction of sp³-hybridized carbons (Fsp3) is 0.345. The van der Waals surface area contributed by atoms with Crippen molar-refractivity contribution in [3.63, 3.8) is 0 Å². The Balaban J connectivity index is 1.64. The number of ether oxygens (including phenoxy) is 2. The van der Waals surface area contributed by atoms with Gasteiger partial charge in [0.2, 0.25) is 0 Å². The van der Waals surface area contributed by atoms with Gasteiger partial charge in [0.15, 0.2) is 6.10 Å². The van der Waals surface area contributed by atoms with Gasteiger partial charge < -0.3 is 14.8 Å². The zero-order chi connectivity index (χ0) is 26.9. The smallest absolute Gasteiger partial charge is 0.264 e. The number of sulfonamides is 1. The van der Waals surface area contributed by atoms with Crippen LogP contribution in [0.2, 0.25) is 0 Å². The highest BCUT2D eigenvalue weighted by atomic mass is 32.2. The maximum atomic E-state index is 13.6. The number of amides is 1. The summed E-state index contributed by atoms with van der Waals surface area (Å²) in [5.41, 5.74) is 4.34. The molecule has 0 radical (unpaired) electrons. The lowest BCUT2D eigenvalue weighted by atomic mass is 9.93. The van der Waals surface area contributed by atoms with E-state index in [0.717, 1.165) is 28.0 Å². The summed E-state index contributed by atoms with van der Waals surface area (Å²) in [6, 6.07) is 17.3. The molecule has 37 heavy (non-hydrogen) atoms. The molecule has 2 atom stereocenters. The summed E-state index contributed by atoms with van der Waals surface area (Å²) < 4.78 is 40.1.